The number of rotatable bonds is 7. The number of ketones is 1. The highest BCUT2D eigenvalue weighted by Gasteiger charge is 2.53. The van der Waals surface area contributed by atoms with Gasteiger partial charge >= 0.3 is 12.2 Å². The van der Waals surface area contributed by atoms with Crippen LogP contribution >= 0.6 is 11.3 Å². The minimum Gasteiger partial charge on any atom is -0.444 e. The van der Waals surface area contributed by atoms with E-state index in [9.17, 15) is 19.2 Å². The summed E-state index contributed by atoms with van der Waals surface area (Å²) in [6, 6.07) is 17.0. The molecule has 46 heavy (non-hydrogen) atoms. The topological polar surface area (TPSA) is 105 Å². The zero-order valence-electron chi connectivity index (χ0n) is 27.5. The van der Waals surface area contributed by atoms with Crippen molar-refractivity contribution in [2.45, 2.75) is 90.5 Å². The number of carbonyl (C=O) groups excluding carboxylic acids is 4. The van der Waals surface area contributed by atoms with Crippen LogP contribution < -0.4 is 5.32 Å². The van der Waals surface area contributed by atoms with Gasteiger partial charge in [-0.2, -0.15) is 0 Å². The summed E-state index contributed by atoms with van der Waals surface area (Å²) in [6.07, 6.45) is 1.25. The molecule has 1 aromatic heterocycles. The maximum absolute atomic E-state index is 13.5. The summed E-state index contributed by atoms with van der Waals surface area (Å²) in [5, 5.41) is 4.81. The van der Waals surface area contributed by atoms with Crippen molar-refractivity contribution >= 4 is 40.9 Å². The molecule has 3 heterocycles. The van der Waals surface area contributed by atoms with E-state index in [1.807, 2.05) is 67.4 Å². The zero-order chi connectivity index (χ0) is 33.3. The van der Waals surface area contributed by atoms with Gasteiger partial charge in [-0.25, -0.2) is 9.59 Å². The molecular weight excluding hydrogens is 602 g/mol. The molecular formula is C36H43N3O6S. The first-order valence-electron chi connectivity index (χ1n) is 15.7. The predicted molar refractivity (Wildman–Crippen MR) is 179 cm³/mol. The number of Topliss-reactive ketones (excluding diaryl/α,β-unsaturated/α-hetero) is 1. The van der Waals surface area contributed by atoms with E-state index in [1.54, 1.807) is 55.2 Å². The van der Waals surface area contributed by atoms with Gasteiger partial charge in [0.25, 0.3) is 0 Å². The number of hydrogen-bond acceptors (Lipinski definition) is 7. The molecule has 1 spiro atoms. The molecule has 0 radical (unpaired) electrons. The van der Waals surface area contributed by atoms with Crippen LogP contribution in [0.4, 0.5) is 15.3 Å². The second-order valence-corrected chi connectivity index (χ2v) is 15.1. The Morgan fingerprint density at radius 1 is 0.935 bits per heavy atom. The molecule has 244 valence electrons. The summed E-state index contributed by atoms with van der Waals surface area (Å²) in [5.41, 5.74) is 1.98. The van der Waals surface area contributed by atoms with Gasteiger partial charge in [-0.3, -0.25) is 14.9 Å². The molecule has 3 aromatic rings. The fourth-order valence-corrected chi connectivity index (χ4v) is 6.66. The van der Waals surface area contributed by atoms with Crippen LogP contribution in [0.25, 0.3) is 10.4 Å². The standard InChI is InChI=1S/C36H43N3O6S/c1-34(2,3)44-32(42)37-28-16-15-26(30-9-8-18-46-30)19-27(28)20-29(40)25-13-11-24(12-14-25)21-39-31(41)10-7-17-36(39)22-38(23-36)33(43)45-35(4,5)6/h8-9,11-16,18-19H,7,10,17,20-23H2,1-6H3,(H,37,42). The van der Waals surface area contributed by atoms with Gasteiger partial charge in [0.05, 0.1) is 5.54 Å². The third kappa shape index (κ3) is 7.96. The molecule has 2 aliphatic rings. The number of thiophene rings is 1. The highest BCUT2D eigenvalue weighted by Crippen LogP contribution is 2.39. The maximum Gasteiger partial charge on any atom is 0.412 e. The molecule has 5 rings (SSSR count). The summed E-state index contributed by atoms with van der Waals surface area (Å²) in [4.78, 5) is 56.4. The zero-order valence-corrected chi connectivity index (χ0v) is 28.3. The lowest BCUT2D eigenvalue weighted by Gasteiger charge is -2.57. The number of nitrogens with zero attached hydrogens (tertiary/aromatic N) is 2. The van der Waals surface area contributed by atoms with Crippen molar-refractivity contribution in [3.8, 4) is 10.4 Å². The van der Waals surface area contributed by atoms with Gasteiger partial charge in [0.15, 0.2) is 5.78 Å². The average molecular weight is 646 g/mol. The van der Waals surface area contributed by atoms with Crippen LogP contribution in [0.2, 0.25) is 0 Å². The highest BCUT2D eigenvalue weighted by molar-refractivity contribution is 7.13. The van der Waals surface area contributed by atoms with Gasteiger partial charge in [-0.15, -0.1) is 11.3 Å². The van der Waals surface area contributed by atoms with Crippen LogP contribution in [0.5, 0.6) is 0 Å². The molecule has 2 aromatic carbocycles. The second-order valence-electron chi connectivity index (χ2n) is 14.2. The first-order valence-corrected chi connectivity index (χ1v) is 16.6. The largest absolute Gasteiger partial charge is 0.444 e. The fourth-order valence-electron chi connectivity index (χ4n) is 5.93. The van der Waals surface area contributed by atoms with Crippen molar-refractivity contribution in [1.82, 2.24) is 9.80 Å². The van der Waals surface area contributed by atoms with Crippen LogP contribution in [-0.4, -0.2) is 63.5 Å². The lowest BCUT2D eigenvalue weighted by Crippen LogP contribution is -2.73. The number of likely N-dealkylation sites (tertiary alicyclic amines) is 2. The van der Waals surface area contributed by atoms with Gasteiger partial charge in [-0.05, 0) is 94.7 Å². The molecule has 9 nitrogen and oxygen atoms in total. The molecule has 10 heteroatoms. The minimum atomic E-state index is -0.659. The van der Waals surface area contributed by atoms with E-state index in [1.165, 1.54) is 0 Å². The molecule has 0 bridgehead atoms. The molecule has 1 N–H and O–H groups in total. The maximum atomic E-state index is 13.5. The van der Waals surface area contributed by atoms with Gasteiger partial charge < -0.3 is 19.3 Å². The molecule has 0 unspecified atom stereocenters. The van der Waals surface area contributed by atoms with Crippen molar-refractivity contribution in [3.05, 3.63) is 76.7 Å². The average Bonchev–Trinajstić information content (AvgIpc) is 3.47. The van der Waals surface area contributed by atoms with E-state index < -0.39 is 22.8 Å². The summed E-state index contributed by atoms with van der Waals surface area (Å²) >= 11 is 1.60. The summed E-state index contributed by atoms with van der Waals surface area (Å²) < 4.78 is 11.0. The Kier molecular flexibility index (Phi) is 9.31. The van der Waals surface area contributed by atoms with E-state index in [4.69, 9.17) is 9.47 Å². The number of carbonyl (C=O) groups is 4. The lowest BCUT2D eigenvalue weighted by molar-refractivity contribution is -0.154. The van der Waals surface area contributed by atoms with E-state index in [-0.39, 0.29) is 24.2 Å². The molecule has 0 saturated carbocycles. The number of benzene rings is 2. The normalized spacial score (nSPS) is 16.2. The van der Waals surface area contributed by atoms with Crippen molar-refractivity contribution in [3.63, 3.8) is 0 Å². The third-order valence-electron chi connectivity index (χ3n) is 8.04. The smallest absolute Gasteiger partial charge is 0.412 e. The van der Waals surface area contributed by atoms with Crippen LogP contribution in [0.15, 0.2) is 60.0 Å². The Morgan fingerprint density at radius 3 is 2.26 bits per heavy atom. The van der Waals surface area contributed by atoms with Gasteiger partial charge in [-0.1, -0.05) is 36.4 Å². The predicted octanol–water partition coefficient (Wildman–Crippen LogP) is 7.69. The number of amides is 3. The molecule has 2 fully saturated rings. The first kappa shape index (κ1) is 33.2. The van der Waals surface area contributed by atoms with Crippen molar-refractivity contribution in [2.75, 3.05) is 18.4 Å². The fraction of sp³-hybridized carbons (Fsp3) is 0.444. The van der Waals surface area contributed by atoms with E-state index in [0.29, 0.717) is 42.9 Å². The van der Waals surface area contributed by atoms with Crippen molar-refractivity contribution < 1.29 is 28.7 Å². The van der Waals surface area contributed by atoms with Gasteiger partial charge in [0.2, 0.25) is 5.91 Å². The van der Waals surface area contributed by atoms with Gasteiger partial charge in [0, 0.05) is 48.6 Å². The second kappa shape index (κ2) is 12.9. The number of anilines is 1. The molecule has 0 aliphatic carbocycles. The van der Waals surface area contributed by atoms with Crippen LogP contribution in [0.3, 0.4) is 0 Å². The van der Waals surface area contributed by atoms with Crippen LogP contribution in [0, 0.1) is 0 Å². The van der Waals surface area contributed by atoms with E-state index >= 15 is 0 Å². The van der Waals surface area contributed by atoms with Gasteiger partial charge in [0.1, 0.15) is 11.2 Å². The SMILES string of the molecule is CC(C)(C)OC(=O)Nc1ccc(-c2cccs2)cc1CC(=O)c1ccc(CN2C(=O)CCCC23CN(C(=O)OC(C)(C)C)C3)cc1. The highest BCUT2D eigenvalue weighted by atomic mass is 32.1. The number of hydrogen-bond donors (Lipinski definition) is 1. The Hall–Kier alpha value is -4.18. The molecule has 2 aliphatic heterocycles. The van der Waals surface area contributed by atoms with Crippen molar-refractivity contribution in [1.29, 1.82) is 0 Å². The van der Waals surface area contributed by atoms with Crippen molar-refractivity contribution in [2.24, 2.45) is 0 Å². The lowest BCUT2D eigenvalue weighted by atomic mass is 9.79. The summed E-state index contributed by atoms with van der Waals surface area (Å²) in [5.74, 6) is -0.0227. The number of nitrogens with one attached hydrogen (secondary N) is 1. The molecule has 0 atom stereocenters. The monoisotopic (exact) mass is 645 g/mol. The molecule has 3 amide bonds. The number of ether oxygens (including phenoxy) is 2. The summed E-state index contributed by atoms with van der Waals surface area (Å²) in [6.45, 7) is 12.2. The van der Waals surface area contributed by atoms with E-state index in [2.05, 4.69) is 5.32 Å². The minimum absolute atomic E-state index is 0.0749. The quantitative estimate of drug-likeness (QED) is 0.264. The molecule has 2 saturated heterocycles. The Morgan fingerprint density at radius 2 is 1.63 bits per heavy atom. The third-order valence-corrected chi connectivity index (χ3v) is 8.96. The summed E-state index contributed by atoms with van der Waals surface area (Å²) in [7, 11) is 0. The van der Waals surface area contributed by atoms with Crippen LogP contribution in [0.1, 0.15) is 82.3 Å². The Balaban J connectivity index is 1.28. The van der Waals surface area contributed by atoms with Crippen LogP contribution in [-0.2, 0) is 27.2 Å². The first-order chi connectivity index (χ1) is 21.6. The Bertz CT molecular complexity index is 1600. The number of piperidine rings is 1. The van der Waals surface area contributed by atoms with E-state index in [0.717, 1.165) is 28.8 Å². The Labute approximate surface area is 274 Å².